The third kappa shape index (κ3) is 5.52. The number of carbonyl (C=O) groups is 1. The molecule has 1 fully saturated rings. The number of methoxy groups -OCH3 is 2. The van der Waals surface area contributed by atoms with Gasteiger partial charge in [0.15, 0.2) is 11.5 Å². The highest BCUT2D eigenvalue weighted by atomic mass is 35.5. The summed E-state index contributed by atoms with van der Waals surface area (Å²) < 4.78 is 10.5. The van der Waals surface area contributed by atoms with Crippen molar-refractivity contribution < 1.29 is 14.3 Å². The first-order chi connectivity index (χ1) is 14.0. The molecule has 0 aliphatic carbocycles. The van der Waals surface area contributed by atoms with Crippen LogP contribution >= 0.6 is 11.6 Å². The molecular formula is C23H27ClN2O3. The molecule has 0 radical (unpaired) electrons. The highest BCUT2D eigenvalue weighted by molar-refractivity contribution is 6.32. The first kappa shape index (κ1) is 21.2. The third-order valence-corrected chi connectivity index (χ3v) is 5.33. The molecule has 2 aromatic rings. The Bertz CT molecular complexity index is 890. The first-order valence-corrected chi connectivity index (χ1v) is 10.0. The van der Waals surface area contributed by atoms with Crippen LogP contribution in [0.5, 0.6) is 11.5 Å². The molecule has 0 spiro atoms. The van der Waals surface area contributed by atoms with E-state index in [0.717, 1.165) is 38.3 Å². The van der Waals surface area contributed by atoms with E-state index in [-0.39, 0.29) is 5.91 Å². The van der Waals surface area contributed by atoms with Crippen molar-refractivity contribution in [1.82, 2.24) is 9.80 Å². The van der Waals surface area contributed by atoms with Gasteiger partial charge in [-0.15, -0.1) is 0 Å². The van der Waals surface area contributed by atoms with E-state index in [1.165, 1.54) is 11.1 Å². The zero-order chi connectivity index (χ0) is 20.8. The van der Waals surface area contributed by atoms with E-state index in [1.54, 1.807) is 38.5 Å². The van der Waals surface area contributed by atoms with Crippen molar-refractivity contribution in [3.05, 3.63) is 64.2 Å². The maximum atomic E-state index is 12.6. The van der Waals surface area contributed by atoms with Crippen LogP contribution in [0, 0.1) is 6.92 Å². The number of aryl methyl sites for hydroxylation is 1. The van der Waals surface area contributed by atoms with Crippen LogP contribution in [0.2, 0.25) is 5.02 Å². The lowest BCUT2D eigenvalue weighted by atomic mass is 10.1. The quantitative estimate of drug-likeness (QED) is 0.669. The smallest absolute Gasteiger partial charge is 0.246 e. The van der Waals surface area contributed by atoms with E-state index in [9.17, 15) is 4.79 Å². The second-order valence-corrected chi connectivity index (χ2v) is 7.57. The summed E-state index contributed by atoms with van der Waals surface area (Å²) in [6.07, 6.45) is 3.35. The Hall–Kier alpha value is -2.50. The maximum absolute atomic E-state index is 12.6. The standard InChI is InChI=1S/C23H27ClN2O3/c1-17-5-4-6-19(13-17)16-25-9-11-26(12-10-25)22(27)8-7-18-14-20(24)23(29-3)21(15-18)28-2/h4-8,13-15H,9-12,16H2,1-3H3/b8-7+. The topological polar surface area (TPSA) is 42.0 Å². The predicted molar refractivity (Wildman–Crippen MR) is 117 cm³/mol. The number of halogens is 1. The number of piperazine rings is 1. The Balaban J connectivity index is 1.56. The van der Waals surface area contributed by atoms with Gasteiger partial charge in [0.25, 0.3) is 0 Å². The van der Waals surface area contributed by atoms with Crippen molar-refractivity contribution >= 4 is 23.6 Å². The molecule has 1 aliphatic heterocycles. The van der Waals surface area contributed by atoms with Gasteiger partial charge in [-0.3, -0.25) is 9.69 Å². The average Bonchev–Trinajstić information content (AvgIpc) is 2.72. The van der Waals surface area contributed by atoms with Gasteiger partial charge >= 0.3 is 0 Å². The fourth-order valence-electron chi connectivity index (χ4n) is 3.50. The summed E-state index contributed by atoms with van der Waals surface area (Å²) >= 11 is 6.23. The zero-order valence-corrected chi connectivity index (χ0v) is 17.9. The number of amides is 1. The number of nitrogens with zero attached hydrogens (tertiary/aromatic N) is 2. The monoisotopic (exact) mass is 414 g/mol. The van der Waals surface area contributed by atoms with Crippen molar-refractivity contribution in [2.75, 3.05) is 40.4 Å². The normalized spacial score (nSPS) is 15.0. The van der Waals surface area contributed by atoms with E-state index in [2.05, 4.69) is 36.1 Å². The van der Waals surface area contributed by atoms with Gasteiger partial charge < -0.3 is 14.4 Å². The van der Waals surface area contributed by atoms with Gasteiger partial charge in [0.05, 0.1) is 19.2 Å². The van der Waals surface area contributed by atoms with Gasteiger partial charge in [-0.1, -0.05) is 41.4 Å². The molecule has 1 amide bonds. The molecule has 3 rings (SSSR count). The minimum absolute atomic E-state index is 0.00566. The molecule has 0 N–H and O–H groups in total. The largest absolute Gasteiger partial charge is 0.493 e. The molecule has 5 nitrogen and oxygen atoms in total. The minimum atomic E-state index is 0.00566. The summed E-state index contributed by atoms with van der Waals surface area (Å²) in [5, 5.41) is 0.448. The van der Waals surface area contributed by atoms with Crippen LogP contribution in [0.15, 0.2) is 42.5 Å². The van der Waals surface area contributed by atoms with Crippen molar-refractivity contribution in [2.24, 2.45) is 0 Å². The summed E-state index contributed by atoms with van der Waals surface area (Å²) in [7, 11) is 3.10. The number of hydrogen-bond acceptors (Lipinski definition) is 4. The molecule has 1 saturated heterocycles. The number of benzene rings is 2. The number of hydrogen-bond donors (Lipinski definition) is 0. The highest BCUT2D eigenvalue weighted by Gasteiger charge is 2.19. The minimum Gasteiger partial charge on any atom is -0.493 e. The van der Waals surface area contributed by atoms with Gasteiger partial charge in [0.1, 0.15) is 0 Å². The van der Waals surface area contributed by atoms with E-state index in [4.69, 9.17) is 21.1 Å². The number of carbonyl (C=O) groups excluding carboxylic acids is 1. The Morgan fingerprint density at radius 2 is 1.86 bits per heavy atom. The van der Waals surface area contributed by atoms with Crippen molar-refractivity contribution in [1.29, 1.82) is 0 Å². The SMILES string of the molecule is COc1cc(/C=C/C(=O)N2CCN(Cc3cccc(C)c3)CC2)cc(Cl)c1OC. The summed E-state index contributed by atoms with van der Waals surface area (Å²) in [4.78, 5) is 16.8. The summed E-state index contributed by atoms with van der Waals surface area (Å²) in [6, 6.07) is 12.1. The molecule has 1 heterocycles. The molecule has 0 bridgehead atoms. The van der Waals surface area contributed by atoms with Gasteiger partial charge in [-0.2, -0.15) is 0 Å². The Morgan fingerprint density at radius 1 is 1.10 bits per heavy atom. The molecule has 2 aromatic carbocycles. The molecule has 0 atom stereocenters. The van der Waals surface area contributed by atoms with Crippen LogP contribution in [0.4, 0.5) is 0 Å². The van der Waals surface area contributed by atoms with Crippen LogP contribution in [-0.2, 0) is 11.3 Å². The maximum Gasteiger partial charge on any atom is 0.246 e. The molecule has 154 valence electrons. The van der Waals surface area contributed by atoms with Crippen molar-refractivity contribution in [3.8, 4) is 11.5 Å². The van der Waals surface area contributed by atoms with Gasteiger partial charge in [-0.25, -0.2) is 0 Å². The highest BCUT2D eigenvalue weighted by Crippen LogP contribution is 2.36. The molecule has 29 heavy (non-hydrogen) atoms. The lowest BCUT2D eigenvalue weighted by molar-refractivity contribution is -0.127. The second kappa shape index (κ2) is 9.81. The van der Waals surface area contributed by atoms with Crippen molar-refractivity contribution in [3.63, 3.8) is 0 Å². The Morgan fingerprint density at radius 3 is 2.52 bits per heavy atom. The lowest BCUT2D eigenvalue weighted by Crippen LogP contribution is -2.47. The molecule has 0 unspecified atom stereocenters. The number of ether oxygens (including phenoxy) is 2. The van der Waals surface area contributed by atoms with Gasteiger partial charge in [0, 0.05) is 38.8 Å². The molecule has 0 aromatic heterocycles. The summed E-state index contributed by atoms with van der Waals surface area (Å²) in [6.45, 7) is 6.22. The van der Waals surface area contributed by atoms with Crippen LogP contribution in [-0.4, -0.2) is 56.1 Å². The van der Waals surface area contributed by atoms with Gasteiger partial charge in [0.2, 0.25) is 5.91 Å². The van der Waals surface area contributed by atoms with Crippen LogP contribution in [0.1, 0.15) is 16.7 Å². The molecule has 6 heteroatoms. The Labute approximate surface area is 177 Å². The van der Waals surface area contributed by atoms with E-state index in [0.29, 0.717) is 16.5 Å². The molecule has 1 aliphatic rings. The predicted octanol–water partition coefficient (Wildman–Crippen LogP) is 4.02. The molecular weight excluding hydrogens is 388 g/mol. The fraction of sp³-hybridized carbons (Fsp3) is 0.348. The number of rotatable bonds is 6. The lowest BCUT2D eigenvalue weighted by Gasteiger charge is -2.34. The van der Waals surface area contributed by atoms with Crippen LogP contribution < -0.4 is 9.47 Å². The van der Waals surface area contributed by atoms with E-state index < -0.39 is 0 Å². The second-order valence-electron chi connectivity index (χ2n) is 7.16. The molecule has 0 saturated carbocycles. The first-order valence-electron chi connectivity index (χ1n) is 9.66. The average molecular weight is 415 g/mol. The summed E-state index contributed by atoms with van der Waals surface area (Å²) in [5.41, 5.74) is 3.38. The van der Waals surface area contributed by atoms with Crippen LogP contribution in [0.3, 0.4) is 0 Å². The van der Waals surface area contributed by atoms with E-state index >= 15 is 0 Å². The van der Waals surface area contributed by atoms with Crippen molar-refractivity contribution in [2.45, 2.75) is 13.5 Å². The summed E-state index contributed by atoms with van der Waals surface area (Å²) in [5.74, 6) is 1.03. The Kier molecular flexibility index (Phi) is 7.18. The van der Waals surface area contributed by atoms with Gasteiger partial charge in [-0.05, 0) is 36.3 Å². The third-order valence-electron chi connectivity index (χ3n) is 5.05. The van der Waals surface area contributed by atoms with E-state index in [1.807, 2.05) is 4.90 Å². The van der Waals surface area contributed by atoms with Crippen LogP contribution in [0.25, 0.3) is 6.08 Å². The zero-order valence-electron chi connectivity index (χ0n) is 17.2. The fourth-order valence-corrected chi connectivity index (χ4v) is 3.80.